The number of amides is 1. The Bertz CT molecular complexity index is 984. The third-order valence-electron chi connectivity index (χ3n) is 4.64. The number of hydrogen-bond donors (Lipinski definition) is 4. The van der Waals surface area contributed by atoms with Crippen molar-refractivity contribution in [2.75, 3.05) is 31.7 Å². The SMILES string of the molecule is CC(C)(CO)CON=C1C=C(C(=O)NOCCO)C(C)(Nc2ccc(I)cc2F)C(F)=C1F. The number of anilines is 1. The maximum absolute atomic E-state index is 15.3. The lowest BCUT2D eigenvalue weighted by Crippen LogP contribution is -2.47. The van der Waals surface area contributed by atoms with E-state index in [0.717, 1.165) is 13.0 Å². The zero-order valence-corrected chi connectivity index (χ0v) is 20.4. The van der Waals surface area contributed by atoms with Crippen LogP contribution in [0.2, 0.25) is 0 Å². The molecule has 0 aromatic heterocycles. The van der Waals surface area contributed by atoms with Gasteiger partial charge in [-0.2, -0.15) is 0 Å². The molecule has 1 aromatic carbocycles. The van der Waals surface area contributed by atoms with Gasteiger partial charge in [-0.15, -0.1) is 0 Å². The predicted octanol–water partition coefficient (Wildman–Crippen LogP) is 3.12. The maximum atomic E-state index is 15.3. The lowest BCUT2D eigenvalue weighted by atomic mass is 9.83. The number of benzene rings is 1. The quantitative estimate of drug-likeness (QED) is 0.192. The van der Waals surface area contributed by atoms with Gasteiger partial charge in [0.2, 0.25) is 0 Å². The van der Waals surface area contributed by atoms with Gasteiger partial charge in [0.05, 0.1) is 31.1 Å². The van der Waals surface area contributed by atoms with E-state index < -0.39 is 46.7 Å². The number of carbonyl (C=O) groups is 1. The molecule has 1 aromatic rings. The Balaban J connectivity index is 2.47. The number of aliphatic hydroxyl groups is 2. The number of hydrogen-bond acceptors (Lipinski definition) is 7. The molecule has 4 N–H and O–H groups in total. The van der Waals surface area contributed by atoms with E-state index >= 15 is 4.39 Å². The summed E-state index contributed by atoms with van der Waals surface area (Å²) in [6.45, 7) is 3.51. The van der Waals surface area contributed by atoms with E-state index in [-0.39, 0.29) is 31.1 Å². The molecule has 0 fully saturated rings. The Morgan fingerprint density at radius 3 is 2.58 bits per heavy atom. The monoisotopic (exact) mass is 583 g/mol. The largest absolute Gasteiger partial charge is 0.396 e. The summed E-state index contributed by atoms with van der Waals surface area (Å²) in [6.07, 6.45) is 0.944. The minimum absolute atomic E-state index is 0.111. The number of carbonyl (C=O) groups excluding carboxylic acids is 1. The van der Waals surface area contributed by atoms with Crippen LogP contribution in [-0.4, -0.2) is 53.8 Å². The number of aliphatic hydroxyl groups excluding tert-OH is 2. The second kappa shape index (κ2) is 11.3. The van der Waals surface area contributed by atoms with Crippen LogP contribution < -0.4 is 10.8 Å². The third kappa shape index (κ3) is 6.68. The van der Waals surface area contributed by atoms with Gasteiger partial charge in [0, 0.05) is 8.99 Å². The Morgan fingerprint density at radius 1 is 1.27 bits per heavy atom. The molecule has 33 heavy (non-hydrogen) atoms. The molecule has 1 amide bonds. The Labute approximate surface area is 202 Å². The highest BCUT2D eigenvalue weighted by molar-refractivity contribution is 14.1. The van der Waals surface area contributed by atoms with E-state index in [1.807, 2.05) is 28.1 Å². The second-order valence-corrected chi connectivity index (χ2v) is 9.38. The normalized spacial score (nSPS) is 20.0. The van der Waals surface area contributed by atoms with Crippen molar-refractivity contribution in [2.24, 2.45) is 10.6 Å². The molecule has 1 atom stereocenters. The van der Waals surface area contributed by atoms with Crippen molar-refractivity contribution >= 4 is 39.9 Å². The average Bonchev–Trinajstić information content (AvgIpc) is 2.76. The van der Waals surface area contributed by atoms with Gasteiger partial charge in [0.1, 0.15) is 23.7 Å². The molecule has 0 aliphatic heterocycles. The van der Waals surface area contributed by atoms with Gasteiger partial charge in [0.15, 0.2) is 11.7 Å². The van der Waals surface area contributed by atoms with Crippen molar-refractivity contribution in [2.45, 2.75) is 26.3 Å². The number of allylic oxidation sites excluding steroid dienone is 2. The summed E-state index contributed by atoms with van der Waals surface area (Å²) in [5, 5.41) is 24.2. The van der Waals surface area contributed by atoms with Gasteiger partial charge in [0.25, 0.3) is 5.91 Å². The smallest absolute Gasteiger partial charge is 0.273 e. The van der Waals surface area contributed by atoms with Crippen molar-refractivity contribution < 1.29 is 37.9 Å². The van der Waals surface area contributed by atoms with Crippen molar-refractivity contribution in [1.82, 2.24) is 5.48 Å². The number of halogens is 4. The maximum Gasteiger partial charge on any atom is 0.273 e. The zero-order chi connectivity index (χ0) is 24.8. The summed E-state index contributed by atoms with van der Waals surface area (Å²) in [4.78, 5) is 22.6. The topological polar surface area (TPSA) is 112 Å². The zero-order valence-electron chi connectivity index (χ0n) is 18.2. The van der Waals surface area contributed by atoms with Crippen LogP contribution >= 0.6 is 22.6 Å². The number of oxime groups is 1. The minimum atomic E-state index is -2.13. The molecular formula is C21H25F3IN3O5. The molecule has 0 heterocycles. The highest BCUT2D eigenvalue weighted by Gasteiger charge is 2.45. The minimum Gasteiger partial charge on any atom is -0.396 e. The first-order chi connectivity index (χ1) is 15.4. The van der Waals surface area contributed by atoms with Gasteiger partial charge in [-0.05, 0) is 53.8 Å². The molecule has 1 aliphatic rings. The molecule has 0 spiro atoms. The fourth-order valence-electron chi connectivity index (χ4n) is 2.68. The third-order valence-corrected chi connectivity index (χ3v) is 5.31. The molecule has 1 aliphatic carbocycles. The second-order valence-electron chi connectivity index (χ2n) is 8.14. The van der Waals surface area contributed by atoms with Crippen molar-refractivity contribution in [3.8, 4) is 0 Å². The molecule has 12 heteroatoms. The van der Waals surface area contributed by atoms with Crippen LogP contribution in [0.5, 0.6) is 0 Å². The predicted molar refractivity (Wildman–Crippen MR) is 124 cm³/mol. The van der Waals surface area contributed by atoms with Crippen LogP contribution in [0.15, 0.2) is 46.7 Å². The lowest BCUT2D eigenvalue weighted by molar-refractivity contribution is -0.130. The highest BCUT2D eigenvalue weighted by Crippen LogP contribution is 2.38. The summed E-state index contributed by atoms with van der Waals surface area (Å²) in [5.41, 5.74) is -1.98. The van der Waals surface area contributed by atoms with Crippen molar-refractivity contribution in [3.63, 3.8) is 0 Å². The van der Waals surface area contributed by atoms with Gasteiger partial charge < -0.3 is 20.4 Å². The number of nitrogens with one attached hydrogen (secondary N) is 2. The van der Waals surface area contributed by atoms with Crippen LogP contribution in [-0.2, 0) is 14.5 Å². The summed E-state index contributed by atoms with van der Waals surface area (Å²) >= 11 is 1.89. The molecule has 1 unspecified atom stereocenters. The van der Waals surface area contributed by atoms with E-state index in [1.54, 1.807) is 19.9 Å². The number of nitrogens with zero attached hydrogens (tertiary/aromatic N) is 1. The van der Waals surface area contributed by atoms with Crippen LogP contribution in [0.25, 0.3) is 0 Å². The highest BCUT2D eigenvalue weighted by atomic mass is 127. The van der Waals surface area contributed by atoms with Crippen LogP contribution in [0.4, 0.5) is 18.9 Å². The number of hydroxylamine groups is 1. The fourth-order valence-corrected chi connectivity index (χ4v) is 3.13. The average molecular weight is 583 g/mol. The number of rotatable bonds is 10. The molecule has 0 bridgehead atoms. The summed E-state index contributed by atoms with van der Waals surface area (Å²) in [5.74, 6) is -4.55. The van der Waals surface area contributed by atoms with Crippen molar-refractivity contribution in [1.29, 1.82) is 0 Å². The summed E-state index contributed by atoms with van der Waals surface area (Å²) in [6, 6.07) is 4.06. The first-order valence-corrected chi connectivity index (χ1v) is 10.9. The molecular weight excluding hydrogens is 558 g/mol. The van der Waals surface area contributed by atoms with Gasteiger partial charge >= 0.3 is 0 Å². The van der Waals surface area contributed by atoms with Gasteiger partial charge in [-0.1, -0.05) is 19.0 Å². The first-order valence-electron chi connectivity index (χ1n) is 9.80. The van der Waals surface area contributed by atoms with E-state index in [0.29, 0.717) is 3.57 Å². The molecule has 0 saturated heterocycles. The molecule has 182 valence electrons. The molecule has 8 nitrogen and oxygen atoms in total. The first kappa shape index (κ1) is 27.1. The molecule has 0 radical (unpaired) electrons. The van der Waals surface area contributed by atoms with Crippen LogP contribution in [0.1, 0.15) is 20.8 Å². The Morgan fingerprint density at radius 2 is 1.97 bits per heavy atom. The Kier molecular flexibility index (Phi) is 9.29. The standard InChI is InChI=1S/C21H25F3IN3O5/c1-20(2,10-30)11-33-27-16-9-13(19(31)28-32-7-6-29)21(3,18(24)17(16)23)26-15-5-4-12(25)8-14(15)22/h4-5,8-9,26,29-30H,6-7,10-11H2,1-3H3,(H,28,31). The van der Waals surface area contributed by atoms with Gasteiger partial charge in [-0.25, -0.2) is 18.7 Å². The van der Waals surface area contributed by atoms with Crippen LogP contribution in [0, 0.1) is 14.8 Å². The van der Waals surface area contributed by atoms with E-state index in [2.05, 4.69) is 10.5 Å². The van der Waals surface area contributed by atoms with Crippen molar-refractivity contribution in [3.05, 3.63) is 50.9 Å². The summed E-state index contributed by atoms with van der Waals surface area (Å²) in [7, 11) is 0. The van der Waals surface area contributed by atoms with E-state index in [4.69, 9.17) is 14.8 Å². The summed E-state index contributed by atoms with van der Waals surface area (Å²) < 4.78 is 45.3. The molecule has 2 rings (SSSR count). The van der Waals surface area contributed by atoms with Gasteiger partial charge in [-0.3, -0.25) is 9.63 Å². The fraction of sp³-hybridized carbons (Fsp3) is 0.429. The van der Waals surface area contributed by atoms with E-state index in [9.17, 15) is 18.7 Å². The lowest BCUT2D eigenvalue weighted by Gasteiger charge is -2.35. The van der Waals surface area contributed by atoms with Crippen LogP contribution in [0.3, 0.4) is 0 Å². The van der Waals surface area contributed by atoms with E-state index in [1.165, 1.54) is 12.1 Å². The molecule has 0 saturated carbocycles. The Hall–Kier alpha value is -2.16.